The van der Waals surface area contributed by atoms with E-state index in [1.165, 1.54) is 23.8 Å². The molecule has 3 aromatic carbocycles. The van der Waals surface area contributed by atoms with E-state index in [-0.39, 0.29) is 29.8 Å². The molecule has 1 unspecified atom stereocenters. The summed E-state index contributed by atoms with van der Waals surface area (Å²) in [4.78, 5) is 31.4. The fourth-order valence-electron chi connectivity index (χ4n) is 7.68. The molecule has 0 spiro atoms. The van der Waals surface area contributed by atoms with Crippen molar-refractivity contribution in [2.45, 2.75) is 57.5 Å². The molecule has 258 valence electrons. The second kappa shape index (κ2) is 13.7. The highest BCUT2D eigenvalue weighted by Crippen LogP contribution is 2.36. The molecule has 3 fully saturated rings. The van der Waals surface area contributed by atoms with Crippen molar-refractivity contribution in [3.8, 4) is 16.9 Å². The van der Waals surface area contributed by atoms with Crippen molar-refractivity contribution in [2.75, 3.05) is 36.4 Å². The molecule has 1 aromatic heterocycles. The summed E-state index contributed by atoms with van der Waals surface area (Å²) in [5.41, 5.74) is 5.01. The van der Waals surface area contributed by atoms with E-state index >= 15 is 4.39 Å². The lowest BCUT2D eigenvalue weighted by Gasteiger charge is -2.41. The highest BCUT2D eigenvalue weighted by atomic mass is 19.4. The predicted octanol–water partition coefficient (Wildman–Crippen LogP) is 7.22. The van der Waals surface area contributed by atoms with Crippen molar-refractivity contribution in [3.05, 3.63) is 78.2 Å². The Morgan fingerprint density at radius 2 is 1.57 bits per heavy atom. The van der Waals surface area contributed by atoms with Gasteiger partial charge in [0, 0.05) is 54.4 Å². The number of hydrogen-bond donors (Lipinski definition) is 3. The van der Waals surface area contributed by atoms with Crippen LogP contribution < -0.4 is 20.3 Å². The van der Waals surface area contributed by atoms with Crippen LogP contribution in [-0.4, -0.2) is 60.3 Å². The maximum atomic E-state index is 15.2. The minimum Gasteiger partial charge on any atom is -0.406 e. The first-order valence-electron chi connectivity index (χ1n) is 16.9. The second-order valence-electron chi connectivity index (χ2n) is 13.4. The van der Waals surface area contributed by atoms with E-state index in [9.17, 15) is 22.8 Å². The molecule has 0 radical (unpaired) electrons. The largest absolute Gasteiger partial charge is 0.573 e. The number of alkyl halides is 3. The molecular formula is C37H39F4N5O3. The summed E-state index contributed by atoms with van der Waals surface area (Å²) in [6.45, 7) is 4.47. The van der Waals surface area contributed by atoms with E-state index in [0.29, 0.717) is 29.6 Å². The summed E-state index contributed by atoms with van der Waals surface area (Å²) in [5.74, 6) is 0.0353. The first-order valence-corrected chi connectivity index (χ1v) is 16.9. The van der Waals surface area contributed by atoms with Gasteiger partial charge in [0.1, 0.15) is 17.6 Å². The number of anilines is 2. The van der Waals surface area contributed by atoms with Crippen LogP contribution in [0.1, 0.15) is 44.1 Å². The van der Waals surface area contributed by atoms with E-state index in [1.807, 2.05) is 6.20 Å². The van der Waals surface area contributed by atoms with E-state index in [4.69, 9.17) is 0 Å². The zero-order chi connectivity index (χ0) is 34.1. The average Bonchev–Trinajstić information content (AvgIpc) is 3.50. The van der Waals surface area contributed by atoms with Gasteiger partial charge in [0.2, 0.25) is 11.8 Å². The molecule has 3 N–H and O–H groups in total. The van der Waals surface area contributed by atoms with Crippen LogP contribution in [0.25, 0.3) is 22.0 Å². The number of nitrogens with zero attached hydrogens (tertiary/aromatic N) is 2. The van der Waals surface area contributed by atoms with Gasteiger partial charge in [-0.15, -0.1) is 13.2 Å². The molecule has 3 saturated heterocycles. The Hall–Kier alpha value is -4.58. The summed E-state index contributed by atoms with van der Waals surface area (Å²) >= 11 is 0. The van der Waals surface area contributed by atoms with Crippen LogP contribution >= 0.6 is 0 Å². The van der Waals surface area contributed by atoms with Crippen molar-refractivity contribution in [1.82, 2.24) is 15.2 Å². The Balaban J connectivity index is 0.898. The van der Waals surface area contributed by atoms with Gasteiger partial charge in [-0.2, -0.15) is 0 Å². The summed E-state index contributed by atoms with van der Waals surface area (Å²) in [7, 11) is 0. The van der Waals surface area contributed by atoms with Crippen molar-refractivity contribution >= 4 is 34.1 Å². The lowest BCUT2D eigenvalue weighted by atomic mass is 9.78. The molecule has 8 nitrogen and oxygen atoms in total. The first-order chi connectivity index (χ1) is 23.6. The van der Waals surface area contributed by atoms with Crippen LogP contribution in [0.4, 0.5) is 28.9 Å². The number of aromatic nitrogens is 1. The maximum Gasteiger partial charge on any atom is 0.573 e. The lowest BCUT2D eigenvalue weighted by molar-refractivity contribution is -0.274. The van der Waals surface area contributed by atoms with E-state index < -0.39 is 12.4 Å². The number of fused-ring (bicyclic) bond motifs is 1. The van der Waals surface area contributed by atoms with Gasteiger partial charge in [0.05, 0.1) is 5.69 Å². The van der Waals surface area contributed by atoms with Gasteiger partial charge in [-0.3, -0.25) is 19.8 Å². The normalized spacial score (nSPS) is 20.1. The fraction of sp³-hybridized carbons (Fsp3) is 0.405. The molecule has 1 atom stereocenters. The molecular weight excluding hydrogens is 638 g/mol. The summed E-state index contributed by atoms with van der Waals surface area (Å²) < 4.78 is 56.9. The van der Waals surface area contributed by atoms with Gasteiger partial charge in [-0.05, 0) is 111 Å². The van der Waals surface area contributed by atoms with Crippen molar-refractivity contribution in [3.63, 3.8) is 0 Å². The van der Waals surface area contributed by atoms with Crippen molar-refractivity contribution in [1.29, 1.82) is 0 Å². The molecule has 12 heteroatoms. The molecule has 49 heavy (non-hydrogen) atoms. The zero-order valence-electron chi connectivity index (χ0n) is 27.0. The quantitative estimate of drug-likeness (QED) is 0.135. The lowest BCUT2D eigenvalue weighted by Crippen LogP contribution is -2.47. The van der Waals surface area contributed by atoms with Crippen molar-refractivity contribution < 1.29 is 31.9 Å². The highest BCUT2D eigenvalue weighted by molar-refractivity contribution is 6.01. The molecule has 3 aliphatic rings. The molecule has 4 heterocycles. The molecule has 0 aliphatic carbocycles. The Kier molecular flexibility index (Phi) is 9.23. The number of likely N-dealkylation sites (tertiary alicyclic amines) is 1. The summed E-state index contributed by atoms with van der Waals surface area (Å²) in [5, 5.41) is 6.40. The fourth-order valence-corrected chi connectivity index (χ4v) is 7.68. The summed E-state index contributed by atoms with van der Waals surface area (Å²) in [6, 6.07) is 16.8. The number of H-pyrrole nitrogens is 1. The second-order valence-corrected chi connectivity index (χ2v) is 13.4. The van der Waals surface area contributed by atoms with Gasteiger partial charge in [0.15, 0.2) is 0 Å². The Labute approximate surface area is 281 Å². The maximum absolute atomic E-state index is 15.2. The first kappa shape index (κ1) is 32.9. The third-order valence-corrected chi connectivity index (χ3v) is 10.3. The summed E-state index contributed by atoms with van der Waals surface area (Å²) in [6.07, 6.45) is 2.12. The van der Waals surface area contributed by atoms with Crippen LogP contribution in [0.2, 0.25) is 0 Å². The molecule has 2 amide bonds. The Morgan fingerprint density at radius 3 is 2.24 bits per heavy atom. The minimum absolute atomic E-state index is 0.243. The number of ether oxygens (including phenoxy) is 1. The number of hydrogen-bond acceptors (Lipinski definition) is 6. The number of imide groups is 1. The molecule has 7 rings (SSSR count). The van der Waals surface area contributed by atoms with Gasteiger partial charge >= 0.3 is 6.36 Å². The smallest absolute Gasteiger partial charge is 0.406 e. The van der Waals surface area contributed by atoms with Crippen LogP contribution in [0.5, 0.6) is 5.75 Å². The van der Waals surface area contributed by atoms with Crippen LogP contribution in [-0.2, 0) is 16.1 Å². The number of benzene rings is 3. The molecule has 4 aromatic rings. The molecule has 0 saturated carbocycles. The topological polar surface area (TPSA) is 89.7 Å². The van der Waals surface area contributed by atoms with Gasteiger partial charge in [-0.1, -0.05) is 18.2 Å². The number of aromatic amines is 1. The third-order valence-electron chi connectivity index (χ3n) is 10.3. The predicted molar refractivity (Wildman–Crippen MR) is 180 cm³/mol. The number of piperidine rings is 3. The zero-order valence-corrected chi connectivity index (χ0v) is 27.0. The molecule has 3 aliphatic heterocycles. The third kappa shape index (κ3) is 7.69. The van der Waals surface area contributed by atoms with E-state index in [1.54, 1.807) is 24.3 Å². The molecule has 0 bridgehead atoms. The van der Waals surface area contributed by atoms with Crippen LogP contribution in [0.3, 0.4) is 0 Å². The van der Waals surface area contributed by atoms with Crippen LogP contribution in [0, 0.1) is 17.7 Å². The van der Waals surface area contributed by atoms with Gasteiger partial charge in [-0.25, -0.2) is 4.39 Å². The number of carbonyl (C=O) groups excluding carboxylic acids is 2. The Bertz CT molecular complexity index is 1810. The minimum atomic E-state index is -4.72. The van der Waals surface area contributed by atoms with Gasteiger partial charge < -0.3 is 19.9 Å². The number of halogens is 4. The average molecular weight is 678 g/mol. The highest BCUT2D eigenvalue weighted by Gasteiger charge is 2.32. The van der Waals surface area contributed by atoms with Gasteiger partial charge in [0.25, 0.3) is 0 Å². The van der Waals surface area contributed by atoms with Crippen LogP contribution in [0.15, 0.2) is 66.9 Å². The number of amides is 2. The number of nitrogens with one attached hydrogen (secondary N) is 3. The SMILES string of the molecule is O=C1CCC(Nc2ccc(N3CCC(C4CCN(Cc5ccc6[nH]cc(-c7ccc(OC(F)(F)F)cc7)c6c5)CC4)CC3)c(F)c2)C(=O)N1. The number of carbonyl (C=O) groups is 2. The monoisotopic (exact) mass is 677 g/mol. The standard InChI is InChI=1S/C37H39F4N5O3/c38-31-20-27(43-33-8-10-35(47)44-36(33)48)4-9-34(31)46-17-13-25(14-18-46)24-11-15-45(16-12-24)22-23-1-7-32-29(19-23)30(21-42-32)26-2-5-28(6-3-26)49-37(39,40)41/h1-7,9,19-21,24-25,33,42-43H,8,10-18,22H2,(H,44,47,48). The van der Waals surface area contributed by atoms with E-state index in [0.717, 1.165) is 80.4 Å². The number of rotatable bonds is 8. The van der Waals surface area contributed by atoms with E-state index in [2.05, 4.69) is 48.4 Å². The van der Waals surface area contributed by atoms with Crippen molar-refractivity contribution in [2.24, 2.45) is 11.8 Å². The Morgan fingerprint density at radius 1 is 0.857 bits per heavy atom.